The Bertz CT molecular complexity index is 870. The maximum atomic E-state index is 12.5. The van der Waals surface area contributed by atoms with Gasteiger partial charge in [-0.15, -0.1) is 0 Å². The Morgan fingerprint density at radius 3 is 2.48 bits per heavy atom. The van der Waals surface area contributed by atoms with Crippen LogP contribution in [-0.4, -0.2) is 36.2 Å². The number of aromatic nitrogens is 2. The molecule has 1 amide bonds. The van der Waals surface area contributed by atoms with Gasteiger partial charge in [0.05, 0.1) is 6.61 Å². The first-order chi connectivity index (χ1) is 13.2. The third-order valence-corrected chi connectivity index (χ3v) is 3.62. The molecule has 27 heavy (non-hydrogen) atoms. The maximum absolute atomic E-state index is 12.5. The highest BCUT2D eigenvalue weighted by Crippen LogP contribution is 2.18. The first-order valence-electron chi connectivity index (χ1n) is 8.42. The van der Waals surface area contributed by atoms with E-state index in [0.717, 1.165) is 11.4 Å². The minimum atomic E-state index is -0.208. The lowest BCUT2D eigenvalue weighted by Gasteiger charge is -2.09. The molecule has 1 heterocycles. The molecule has 0 aliphatic carbocycles. The molecule has 7 heteroatoms. The van der Waals surface area contributed by atoms with E-state index in [1.54, 1.807) is 68.0 Å². The molecule has 0 fully saturated rings. The second-order valence-corrected chi connectivity index (χ2v) is 5.60. The molecule has 0 bridgehead atoms. The van der Waals surface area contributed by atoms with Gasteiger partial charge in [-0.3, -0.25) is 4.79 Å². The lowest BCUT2D eigenvalue weighted by molar-refractivity contribution is 0.102. The van der Waals surface area contributed by atoms with Crippen molar-refractivity contribution in [2.45, 2.75) is 0 Å². The highest BCUT2D eigenvalue weighted by Gasteiger charge is 2.08. The molecular weight excluding hydrogens is 344 g/mol. The van der Waals surface area contributed by atoms with Gasteiger partial charge in [-0.05, 0) is 48.5 Å². The zero-order chi connectivity index (χ0) is 18.9. The zero-order valence-electron chi connectivity index (χ0n) is 14.9. The van der Waals surface area contributed by atoms with Crippen LogP contribution in [0.4, 0.5) is 17.3 Å². The van der Waals surface area contributed by atoms with E-state index in [0.29, 0.717) is 30.4 Å². The summed E-state index contributed by atoms with van der Waals surface area (Å²) in [5.41, 5.74) is 1.94. The van der Waals surface area contributed by atoms with Crippen LogP contribution in [0.1, 0.15) is 10.4 Å². The van der Waals surface area contributed by atoms with Crippen molar-refractivity contribution in [1.29, 1.82) is 0 Å². The second kappa shape index (κ2) is 9.30. The number of hydrogen-bond acceptors (Lipinski definition) is 6. The van der Waals surface area contributed by atoms with Gasteiger partial charge in [-0.1, -0.05) is 6.07 Å². The van der Waals surface area contributed by atoms with Gasteiger partial charge in [0.1, 0.15) is 12.4 Å². The Labute approximate surface area is 157 Å². The Hall–Kier alpha value is -3.45. The molecule has 0 aliphatic rings. The summed E-state index contributed by atoms with van der Waals surface area (Å²) in [6.07, 6.45) is 3.29. The number of anilines is 3. The van der Waals surface area contributed by atoms with Crippen molar-refractivity contribution in [2.75, 3.05) is 31.0 Å². The molecule has 138 valence electrons. The van der Waals surface area contributed by atoms with Crippen LogP contribution in [0.25, 0.3) is 0 Å². The number of rotatable bonds is 8. The normalized spacial score (nSPS) is 10.3. The number of amides is 1. The molecule has 0 aliphatic heterocycles. The number of carbonyl (C=O) groups excluding carboxylic acids is 1. The predicted molar refractivity (Wildman–Crippen MR) is 104 cm³/mol. The van der Waals surface area contributed by atoms with Crippen molar-refractivity contribution in [3.05, 3.63) is 72.6 Å². The second-order valence-electron chi connectivity index (χ2n) is 5.60. The van der Waals surface area contributed by atoms with Crippen LogP contribution < -0.4 is 15.4 Å². The fourth-order valence-corrected chi connectivity index (χ4v) is 2.31. The fraction of sp³-hybridized carbons (Fsp3) is 0.150. The number of hydrogen-bond donors (Lipinski definition) is 2. The van der Waals surface area contributed by atoms with Gasteiger partial charge in [-0.25, -0.2) is 9.97 Å². The van der Waals surface area contributed by atoms with Crippen molar-refractivity contribution in [1.82, 2.24) is 9.97 Å². The molecule has 3 rings (SSSR count). The SMILES string of the molecule is COCCOc1ccc(NC(=O)c2cccc(Nc3ncccn3)c2)cc1. The van der Waals surface area contributed by atoms with Crippen LogP contribution in [0.5, 0.6) is 5.75 Å². The Balaban J connectivity index is 1.61. The molecule has 0 unspecified atom stereocenters. The molecule has 0 atom stereocenters. The first-order valence-corrected chi connectivity index (χ1v) is 8.42. The molecule has 1 aromatic heterocycles. The lowest BCUT2D eigenvalue weighted by Crippen LogP contribution is -2.12. The number of methoxy groups -OCH3 is 1. The predicted octanol–water partition coefficient (Wildman–Crippen LogP) is 3.50. The number of nitrogens with one attached hydrogen (secondary N) is 2. The fourth-order valence-electron chi connectivity index (χ4n) is 2.31. The molecule has 0 radical (unpaired) electrons. The quantitative estimate of drug-likeness (QED) is 0.595. The lowest BCUT2D eigenvalue weighted by atomic mass is 10.2. The minimum Gasteiger partial charge on any atom is -0.491 e. The van der Waals surface area contributed by atoms with E-state index in [4.69, 9.17) is 9.47 Å². The highest BCUT2D eigenvalue weighted by molar-refractivity contribution is 6.04. The Kier molecular flexibility index (Phi) is 6.32. The minimum absolute atomic E-state index is 0.208. The van der Waals surface area contributed by atoms with E-state index in [1.807, 2.05) is 6.07 Å². The van der Waals surface area contributed by atoms with Crippen LogP contribution in [-0.2, 0) is 4.74 Å². The van der Waals surface area contributed by atoms with Crippen LogP contribution in [0, 0.1) is 0 Å². The number of carbonyl (C=O) groups is 1. The summed E-state index contributed by atoms with van der Waals surface area (Å²) < 4.78 is 10.4. The van der Waals surface area contributed by atoms with Crippen LogP contribution >= 0.6 is 0 Å². The largest absolute Gasteiger partial charge is 0.491 e. The summed E-state index contributed by atoms with van der Waals surface area (Å²) in [6, 6.07) is 16.1. The van der Waals surface area contributed by atoms with Crippen molar-refractivity contribution in [3.8, 4) is 5.75 Å². The standard InChI is InChI=1S/C20H20N4O3/c1-26-12-13-27-18-8-6-16(7-9-18)23-19(25)15-4-2-5-17(14-15)24-20-21-10-3-11-22-20/h2-11,14H,12-13H2,1H3,(H,23,25)(H,21,22,24). The van der Waals surface area contributed by atoms with Gasteiger partial charge in [0.25, 0.3) is 5.91 Å². The van der Waals surface area contributed by atoms with E-state index in [9.17, 15) is 4.79 Å². The molecule has 0 saturated carbocycles. The molecule has 2 N–H and O–H groups in total. The van der Waals surface area contributed by atoms with Gasteiger partial charge in [0.15, 0.2) is 0 Å². The van der Waals surface area contributed by atoms with E-state index < -0.39 is 0 Å². The molecule has 3 aromatic rings. The topological polar surface area (TPSA) is 85.4 Å². The third kappa shape index (κ3) is 5.52. The molecule has 0 spiro atoms. The summed E-state index contributed by atoms with van der Waals surface area (Å²) in [5.74, 6) is 0.985. The van der Waals surface area contributed by atoms with Crippen LogP contribution in [0.2, 0.25) is 0 Å². The molecule has 0 saturated heterocycles. The summed E-state index contributed by atoms with van der Waals surface area (Å²) in [6.45, 7) is 1.00. The number of nitrogens with zero attached hydrogens (tertiary/aromatic N) is 2. The Morgan fingerprint density at radius 1 is 0.963 bits per heavy atom. The summed E-state index contributed by atoms with van der Waals surface area (Å²) >= 11 is 0. The number of ether oxygens (including phenoxy) is 2. The summed E-state index contributed by atoms with van der Waals surface area (Å²) in [4.78, 5) is 20.7. The van der Waals surface area contributed by atoms with Crippen LogP contribution in [0.15, 0.2) is 67.0 Å². The van der Waals surface area contributed by atoms with Crippen molar-refractivity contribution < 1.29 is 14.3 Å². The first kappa shape index (κ1) is 18.3. The van der Waals surface area contributed by atoms with E-state index >= 15 is 0 Å². The molecular formula is C20H20N4O3. The van der Waals surface area contributed by atoms with Crippen molar-refractivity contribution >= 4 is 23.2 Å². The smallest absolute Gasteiger partial charge is 0.255 e. The third-order valence-electron chi connectivity index (χ3n) is 3.62. The van der Waals surface area contributed by atoms with Gasteiger partial charge in [0, 0.05) is 36.4 Å². The van der Waals surface area contributed by atoms with Gasteiger partial charge >= 0.3 is 0 Å². The van der Waals surface area contributed by atoms with Gasteiger partial charge in [0.2, 0.25) is 5.95 Å². The van der Waals surface area contributed by atoms with Gasteiger partial charge in [-0.2, -0.15) is 0 Å². The molecule has 2 aromatic carbocycles. The van der Waals surface area contributed by atoms with E-state index in [-0.39, 0.29) is 5.91 Å². The van der Waals surface area contributed by atoms with E-state index in [2.05, 4.69) is 20.6 Å². The van der Waals surface area contributed by atoms with E-state index in [1.165, 1.54) is 0 Å². The maximum Gasteiger partial charge on any atom is 0.255 e. The zero-order valence-corrected chi connectivity index (χ0v) is 14.9. The summed E-state index contributed by atoms with van der Waals surface area (Å²) in [7, 11) is 1.62. The average molecular weight is 364 g/mol. The molecule has 7 nitrogen and oxygen atoms in total. The average Bonchev–Trinajstić information content (AvgIpc) is 2.70. The Morgan fingerprint density at radius 2 is 1.74 bits per heavy atom. The highest BCUT2D eigenvalue weighted by atomic mass is 16.5. The number of benzene rings is 2. The van der Waals surface area contributed by atoms with Crippen LogP contribution in [0.3, 0.4) is 0 Å². The summed E-state index contributed by atoms with van der Waals surface area (Å²) in [5, 5.41) is 5.93. The van der Waals surface area contributed by atoms with Crippen molar-refractivity contribution in [3.63, 3.8) is 0 Å². The van der Waals surface area contributed by atoms with Gasteiger partial charge < -0.3 is 20.1 Å². The van der Waals surface area contributed by atoms with Crippen molar-refractivity contribution in [2.24, 2.45) is 0 Å². The monoisotopic (exact) mass is 364 g/mol.